The Bertz CT molecular complexity index is 1140. The van der Waals surface area contributed by atoms with Crippen LogP contribution < -0.4 is 21.3 Å². The van der Waals surface area contributed by atoms with Crippen molar-refractivity contribution < 1.29 is 9.53 Å². The van der Waals surface area contributed by atoms with Crippen LogP contribution in [0.4, 0.5) is 0 Å². The van der Waals surface area contributed by atoms with Gasteiger partial charge >= 0.3 is 0 Å². The number of nitrogens with zero attached hydrogens (tertiary/aromatic N) is 2. The molecule has 5 aliphatic rings. The van der Waals surface area contributed by atoms with Crippen LogP contribution in [0, 0.1) is 11.8 Å². The quantitative estimate of drug-likeness (QED) is 0.470. The Labute approximate surface area is 213 Å². The highest BCUT2D eigenvalue weighted by molar-refractivity contribution is 5.95. The molecule has 3 heterocycles. The van der Waals surface area contributed by atoms with Crippen LogP contribution in [0.5, 0.6) is 0 Å². The number of morpholine rings is 1. The summed E-state index contributed by atoms with van der Waals surface area (Å²) in [6.45, 7) is 9.95. The van der Waals surface area contributed by atoms with Crippen molar-refractivity contribution in [3.8, 4) is 0 Å². The van der Waals surface area contributed by atoms with E-state index in [0.29, 0.717) is 23.4 Å². The summed E-state index contributed by atoms with van der Waals surface area (Å²) in [5.74, 6) is 2.91. The van der Waals surface area contributed by atoms with Crippen LogP contribution in [-0.4, -0.2) is 61.1 Å². The third kappa shape index (κ3) is 4.63. The van der Waals surface area contributed by atoms with Crippen LogP contribution in [-0.2, 0) is 4.74 Å². The zero-order valence-corrected chi connectivity index (χ0v) is 21.1. The lowest BCUT2D eigenvalue weighted by atomic mass is 9.88. The molecule has 2 atom stereocenters. The van der Waals surface area contributed by atoms with Crippen molar-refractivity contribution in [2.24, 2.45) is 11.8 Å². The van der Waals surface area contributed by atoms with Gasteiger partial charge in [-0.1, -0.05) is 38.1 Å². The molecule has 0 bridgehead atoms. The minimum atomic E-state index is 0.0140. The molecule has 1 amide bonds. The van der Waals surface area contributed by atoms with Crippen molar-refractivity contribution in [2.75, 3.05) is 39.4 Å². The number of benzene rings is 1. The van der Waals surface area contributed by atoms with Gasteiger partial charge in [0.1, 0.15) is 5.82 Å². The standard InChI is InChI=1S/C28H36N6O2/c1-18-15-23-24(16-19(18)2)34-25(20-3-5-21(6-4-20)28(35)31-22-7-8-22)17-30-27(34)26(32-23)29-9-10-33-11-13-36-14-12-33/h3-6,15-19,22,29-30,32H,7-14H2,1-2H3,(H,31,35). The Kier molecular flexibility index (Phi) is 6.23. The van der Waals surface area contributed by atoms with E-state index in [1.54, 1.807) is 0 Å². The van der Waals surface area contributed by atoms with Crippen molar-refractivity contribution in [1.82, 2.24) is 31.1 Å². The average molecular weight is 489 g/mol. The highest BCUT2D eigenvalue weighted by Gasteiger charge is 2.36. The Morgan fingerprint density at radius 1 is 1.06 bits per heavy atom. The van der Waals surface area contributed by atoms with Crippen molar-refractivity contribution in [1.29, 1.82) is 0 Å². The molecule has 2 unspecified atom stereocenters. The summed E-state index contributed by atoms with van der Waals surface area (Å²) >= 11 is 0. The number of nitrogens with one attached hydrogen (secondary N) is 4. The first-order valence-corrected chi connectivity index (χ1v) is 13.2. The number of ether oxygens (including phenoxy) is 1. The molecule has 3 aliphatic heterocycles. The van der Waals surface area contributed by atoms with Gasteiger partial charge in [-0.25, -0.2) is 0 Å². The predicted octanol–water partition coefficient (Wildman–Crippen LogP) is 2.49. The SMILES string of the molecule is CC1C=C2NC(NCCN3CCOCC3)=C3NC=C(c4ccc(C(=O)NC5CC5)cc4)N3C2=CC1C. The van der Waals surface area contributed by atoms with Crippen molar-refractivity contribution in [2.45, 2.75) is 32.7 Å². The number of allylic oxidation sites excluding steroid dienone is 2. The maximum absolute atomic E-state index is 12.5. The molecule has 1 aromatic carbocycles. The molecule has 1 saturated heterocycles. The highest BCUT2D eigenvalue weighted by atomic mass is 16.5. The fourth-order valence-electron chi connectivity index (χ4n) is 5.10. The largest absolute Gasteiger partial charge is 0.379 e. The number of hydrogen-bond acceptors (Lipinski definition) is 7. The van der Waals surface area contributed by atoms with Crippen LogP contribution in [0.25, 0.3) is 5.70 Å². The summed E-state index contributed by atoms with van der Waals surface area (Å²) in [4.78, 5) is 17.2. The van der Waals surface area contributed by atoms with E-state index in [1.165, 1.54) is 5.70 Å². The first kappa shape index (κ1) is 23.2. The summed E-state index contributed by atoms with van der Waals surface area (Å²) < 4.78 is 5.48. The maximum atomic E-state index is 12.5. The monoisotopic (exact) mass is 488 g/mol. The molecule has 2 fully saturated rings. The highest BCUT2D eigenvalue weighted by Crippen LogP contribution is 2.40. The molecule has 4 N–H and O–H groups in total. The van der Waals surface area contributed by atoms with Gasteiger partial charge in [0.25, 0.3) is 5.91 Å². The Morgan fingerprint density at radius 2 is 1.81 bits per heavy atom. The molecule has 1 aromatic rings. The molecule has 0 aromatic heterocycles. The minimum Gasteiger partial charge on any atom is -0.379 e. The zero-order chi connectivity index (χ0) is 24.6. The summed E-state index contributed by atoms with van der Waals surface area (Å²) in [5.41, 5.74) is 5.15. The lowest BCUT2D eigenvalue weighted by Gasteiger charge is -2.38. The molecular formula is C28H36N6O2. The summed E-state index contributed by atoms with van der Waals surface area (Å²) in [7, 11) is 0. The van der Waals surface area contributed by atoms with Gasteiger partial charge in [0.15, 0.2) is 5.82 Å². The molecular weight excluding hydrogens is 452 g/mol. The van der Waals surface area contributed by atoms with Crippen LogP contribution >= 0.6 is 0 Å². The Balaban J connectivity index is 1.24. The van der Waals surface area contributed by atoms with E-state index >= 15 is 0 Å². The van der Waals surface area contributed by atoms with Crippen LogP contribution in [0.3, 0.4) is 0 Å². The van der Waals surface area contributed by atoms with Crippen molar-refractivity contribution >= 4 is 11.6 Å². The van der Waals surface area contributed by atoms with Gasteiger partial charge in [0.05, 0.1) is 30.3 Å². The summed E-state index contributed by atoms with van der Waals surface area (Å²) in [5, 5.41) is 13.9. The van der Waals surface area contributed by atoms with Crippen LogP contribution in [0.2, 0.25) is 0 Å². The van der Waals surface area contributed by atoms with Gasteiger partial charge in [-0.2, -0.15) is 0 Å². The topological polar surface area (TPSA) is 80.9 Å². The lowest BCUT2D eigenvalue weighted by molar-refractivity contribution is 0.0386. The second kappa shape index (κ2) is 9.67. The predicted molar refractivity (Wildman–Crippen MR) is 140 cm³/mol. The second-order valence-electron chi connectivity index (χ2n) is 10.4. The van der Waals surface area contributed by atoms with Crippen molar-refractivity contribution in [3.63, 3.8) is 0 Å². The van der Waals surface area contributed by atoms with E-state index in [4.69, 9.17) is 4.74 Å². The average Bonchev–Trinajstić information content (AvgIpc) is 3.59. The van der Waals surface area contributed by atoms with E-state index in [9.17, 15) is 4.79 Å². The van der Waals surface area contributed by atoms with E-state index in [1.807, 2.05) is 24.3 Å². The van der Waals surface area contributed by atoms with Gasteiger partial charge in [0, 0.05) is 49.5 Å². The molecule has 8 heteroatoms. The molecule has 36 heavy (non-hydrogen) atoms. The summed E-state index contributed by atoms with van der Waals surface area (Å²) in [6, 6.07) is 8.30. The molecule has 6 rings (SSSR count). The second-order valence-corrected chi connectivity index (χ2v) is 10.4. The smallest absolute Gasteiger partial charge is 0.251 e. The minimum absolute atomic E-state index is 0.0140. The van der Waals surface area contributed by atoms with Gasteiger partial charge in [-0.05, 0) is 36.8 Å². The van der Waals surface area contributed by atoms with Gasteiger partial charge in [0.2, 0.25) is 0 Å². The zero-order valence-electron chi connectivity index (χ0n) is 21.1. The normalized spacial score (nSPS) is 25.6. The number of fused-ring (bicyclic) bond motifs is 3. The van der Waals surface area contributed by atoms with E-state index in [-0.39, 0.29) is 5.91 Å². The summed E-state index contributed by atoms with van der Waals surface area (Å²) in [6.07, 6.45) is 8.93. The Hall–Kier alpha value is -3.23. The van der Waals surface area contributed by atoms with E-state index in [0.717, 1.165) is 80.8 Å². The van der Waals surface area contributed by atoms with Gasteiger partial charge < -0.3 is 26.0 Å². The molecule has 2 aliphatic carbocycles. The number of amides is 1. The van der Waals surface area contributed by atoms with Gasteiger partial charge in [-0.3, -0.25) is 14.6 Å². The van der Waals surface area contributed by atoms with E-state index in [2.05, 4.69) is 63.3 Å². The first-order valence-electron chi connectivity index (χ1n) is 13.2. The maximum Gasteiger partial charge on any atom is 0.251 e. The van der Waals surface area contributed by atoms with Crippen LogP contribution in [0.1, 0.15) is 42.6 Å². The molecule has 1 saturated carbocycles. The lowest BCUT2D eigenvalue weighted by Crippen LogP contribution is -2.45. The Morgan fingerprint density at radius 3 is 2.56 bits per heavy atom. The van der Waals surface area contributed by atoms with Crippen LogP contribution in [0.15, 0.2) is 65.7 Å². The molecule has 0 radical (unpaired) electrons. The number of hydrogen-bond donors (Lipinski definition) is 4. The first-order chi connectivity index (χ1) is 17.6. The number of carbonyl (C=O) groups excluding carboxylic acids is 1. The fraction of sp³-hybridized carbons (Fsp3) is 0.464. The molecule has 8 nitrogen and oxygen atoms in total. The third-order valence-electron chi connectivity index (χ3n) is 7.69. The molecule has 190 valence electrons. The van der Waals surface area contributed by atoms with E-state index < -0.39 is 0 Å². The number of carbonyl (C=O) groups is 1. The van der Waals surface area contributed by atoms with Gasteiger partial charge in [-0.15, -0.1) is 0 Å². The molecule has 0 spiro atoms. The fourth-order valence-corrected chi connectivity index (χ4v) is 5.10. The van der Waals surface area contributed by atoms with Crippen molar-refractivity contribution in [3.05, 3.63) is 76.8 Å². The third-order valence-corrected chi connectivity index (χ3v) is 7.69. The number of rotatable bonds is 7.